The highest BCUT2D eigenvalue weighted by molar-refractivity contribution is 5.75. The van der Waals surface area contributed by atoms with Gasteiger partial charge in [-0.05, 0) is 7.05 Å². The number of carbonyl (C=O) groups excluding carboxylic acids is 1. The molecule has 1 aromatic heterocycles. The number of hydrogen-bond acceptors (Lipinski definition) is 5. The predicted octanol–water partition coefficient (Wildman–Crippen LogP) is -1.57. The lowest BCUT2D eigenvalue weighted by molar-refractivity contribution is -0.121. The summed E-state index contributed by atoms with van der Waals surface area (Å²) in [7, 11) is 1.80. The molecule has 7 nitrogen and oxygen atoms in total. The number of rotatable bonds is 5. The number of tetrazole rings is 1. The molecule has 0 saturated heterocycles. The van der Waals surface area contributed by atoms with Crippen LogP contribution in [-0.4, -0.2) is 40.1 Å². The number of aromatic amines is 1. The van der Waals surface area contributed by atoms with Crippen LogP contribution in [0.4, 0.5) is 0 Å². The minimum atomic E-state index is -0.0286. The lowest BCUT2D eigenvalue weighted by Crippen LogP contribution is -2.26. The Morgan fingerprint density at radius 2 is 2.46 bits per heavy atom. The first-order valence-corrected chi connectivity index (χ1v) is 3.96. The highest BCUT2D eigenvalue weighted by atomic mass is 16.1. The van der Waals surface area contributed by atoms with E-state index in [0.717, 1.165) is 0 Å². The molecule has 3 N–H and O–H groups in total. The van der Waals surface area contributed by atoms with E-state index in [4.69, 9.17) is 0 Å². The van der Waals surface area contributed by atoms with Crippen molar-refractivity contribution >= 4 is 5.91 Å². The first kappa shape index (κ1) is 9.59. The zero-order chi connectivity index (χ0) is 9.52. The Balaban J connectivity index is 2.15. The van der Waals surface area contributed by atoms with E-state index in [1.165, 1.54) is 0 Å². The van der Waals surface area contributed by atoms with E-state index in [2.05, 4.69) is 31.3 Å². The Morgan fingerprint density at radius 3 is 3.08 bits per heavy atom. The number of amides is 1. The molecule has 0 bridgehead atoms. The van der Waals surface area contributed by atoms with Crippen LogP contribution in [0.15, 0.2) is 0 Å². The van der Waals surface area contributed by atoms with E-state index >= 15 is 0 Å². The van der Waals surface area contributed by atoms with Gasteiger partial charge in [-0.15, -0.1) is 10.2 Å². The standard InChI is InChI=1S/C6H12N6O/c1-7-3-2-6(13)8-4-5-9-11-12-10-5/h7H,2-4H2,1H3,(H,8,13)(H,9,10,11,12). The van der Waals surface area contributed by atoms with Crippen molar-refractivity contribution in [2.45, 2.75) is 13.0 Å². The van der Waals surface area contributed by atoms with Gasteiger partial charge in [-0.2, -0.15) is 5.21 Å². The molecule has 0 aliphatic heterocycles. The van der Waals surface area contributed by atoms with Crippen LogP contribution in [-0.2, 0) is 11.3 Å². The molecule has 0 atom stereocenters. The fourth-order valence-corrected chi connectivity index (χ4v) is 0.762. The van der Waals surface area contributed by atoms with Gasteiger partial charge >= 0.3 is 0 Å². The van der Waals surface area contributed by atoms with E-state index < -0.39 is 0 Å². The number of hydrogen-bond donors (Lipinski definition) is 3. The molecule has 7 heteroatoms. The molecule has 1 heterocycles. The summed E-state index contributed by atoms with van der Waals surface area (Å²) in [6, 6.07) is 0. The Hall–Kier alpha value is -1.50. The monoisotopic (exact) mass is 184 g/mol. The van der Waals surface area contributed by atoms with Gasteiger partial charge in [0.25, 0.3) is 0 Å². The third-order valence-corrected chi connectivity index (χ3v) is 1.43. The van der Waals surface area contributed by atoms with Crippen LogP contribution in [0.2, 0.25) is 0 Å². The molecular weight excluding hydrogens is 172 g/mol. The van der Waals surface area contributed by atoms with Gasteiger partial charge < -0.3 is 10.6 Å². The van der Waals surface area contributed by atoms with Gasteiger partial charge in [0.15, 0.2) is 5.82 Å². The van der Waals surface area contributed by atoms with Gasteiger partial charge in [-0.1, -0.05) is 5.21 Å². The normalized spacial score (nSPS) is 9.92. The summed E-state index contributed by atoms with van der Waals surface area (Å²) < 4.78 is 0. The molecule has 0 aliphatic carbocycles. The Morgan fingerprint density at radius 1 is 1.62 bits per heavy atom. The Bertz CT molecular complexity index is 246. The van der Waals surface area contributed by atoms with Crippen molar-refractivity contribution < 1.29 is 4.79 Å². The molecule has 1 amide bonds. The summed E-state index contributed by atoms with van der Waals surface area (Å²) in [5.74, 6) is 0.456. The molecule has 0 unspecified atom stereocenters. The molecule has 1 aromatic rings. The summed E-state index contributed by atoms with van der Waals surface area (Å²) in [6.07, 6.45) is 0.453. The maximum atomic E-state index is 11.1. The number of carbonyl (C=O) groups is 1. The third kappa shape index (κ3) is 3.61. The fourth-order valence-electron chi connectivity index (χ4n) is 0.762. The van der Waals surface area contributed by atoms with Gasteiger partial charge in [0, 0.05) is 13.0 Å². The maximum absolute atomic E-state index is 11.1. The molecule has 72 valence electrons. The minimum Gasteiger partial charge on any atom is -0.349 e. The molecule has 0 aromatic carbocycles. The first-order chi connectivity index (χ1) is 6.33. The molecule has 13 heavy (non-hydrogen) atoms. The van der Waals surface area contributed by atoms with Gasteiger partial charge in [0.2, 0.25) is 5.91 Å². The van der Waals surface area contributed by atoms with Crippen LogP contribution in [0, 0.1) is 0 Å². The second kappa shape index (κ2) is 5.20. The predicted molar refractivity (Wildman–Crippen MR) is 44.6 cm³/mol. The maximum Gasteiger partial charge on any atom is 0.221 e. The molecule has 0 radical (unpaired) electrons. The number of aromatic nitrogens is 4. The van der Waals surface area contributed by atoms with Crippen molar-refractivity contribution in [1.29, 1.82) is 0 Å². The summed E-state index contributed by atoms with van der Waals surface area (Å²) in [5, 5.41) is 18.6. The first-order valence-electron chi connectivity index (χ1n) is 3.96. The minimum absolute atomic E-state index is 0.0286. The molecule has 0 aliphatic rings. The number of H-pyrrole nitrogens is 1. The fraction of sp³-hybridized carbons (Fsp3) is 0.667. The molecule has 0 saturated carbocycles. The van der Waals surface area contributed by atoms with E-state index in [0.29, 0.717) is 25.3 Å². The summed E-state index contributed by atoms with van der Waals surface area (Å²) >= 11 is 0. The average Bonchev–Trinajstić information content (AvgIpc) is 2.64. The lowest BCUT2D eigenvalue weighted by atomic mass is 10.4. The topological polar surface area (TPSA) is 95.6 Å². The van der Waals surface area contributed by atoms with Crippen LogP contribution in [0.25, 0.3) is 0 Å². The Kier molecular flexibility index (Phi) is 3.83. The molecule has 1 rings (SSSR count). The van der Waals surface area contributed by atoms with Crippen LogP contribution >= 0.6 is 0 Å². The van der Waals surface area contributed by atoms with Crippen molar-refractivity contribution in [3.05, 3.63) is 5.82 Å². The van der Waals surface area contributed by atoms with Crippen molar-refractivity contribution in [2.24, 2.45) is 0 Å². The zero-order valence-corrected chi connectivity index (χ0v) is 7.37. The van der Waals surface area contributed by atoms with Crippen molar-refractivity contribution in [2.75, 3.05) is 13.6 Å². The smallest absolute Gasteiger partial charge is 0.221 e. The number of nitrogens with one attached hydrogen (secondary N) is 3. The van der Waals surface area contributed by atoms with Crippen LogP contribution in [0.5, 0.6) is 0 Å². The van der Waals surface area contributed by atoms with Crippen LogP contribution in [0.3, 0.4) is 0 Å². The van der Waals surface area contributed by atoms with Crippen LogP contribution in [0.1, 0.15) is 12.2 Å². The van der Waals surface area contributed by atoms with Gasteiger partial charge in [-0.3, -0.25) is 4.79 Å². The van der Waals surface area contributed by atoms with Crippen molar-refractivity contribution in [1.82, 2.24) is 31.3 Å². The van der Waals surface area contributed by atoms with E-state index in [1.807, 2.05) is 0 Å². The summed E-state index contributed by atoms with van der Waals surface area (Å²) in [4.78, 5) is 11.1. The van der Waals surface area contributed by atoms with Gasteiger partial charge in [0.05, 0.1) is 6.54 Å². The summed E-state index contributed by atoms with van der Waals surface area (Å²) in [5.41, 5.74) is 0. The van der Waals surface area contributed by atoms with Crippen LogP contribution < -0.4 is 10.6 Å². The van der Waals surface area contributed by atoms with E-state index in [1.54, 1.807) is 7.05 Å². The van der Waals surface area contributed by atoms with E-state index in [-0.39, 0.29) is 5.91 Å². The second-order valence-corrected chi connectivity index (χ2v) is 2.46. The SMILES string of the molecule is CNCCC(=O)NCc1nn[nH]n1. The molecular formula is C6H12N6O. The highest BCUT2D eigenvalue weighted by Crippen LogP contribution is 1.83. The molecule has 0 fully saturated rings. The van der Waals surface area contributed by atoms with Crippen molar-refractivity contribution in [3.8, 4) is 0 Å². The van der Waals surface area contributed by atoms with E-state index in [9.17, 15) is 4.79 Å². The average molecular weight is 184 g/mol. The highest BCUT2D eigenvalue weighted by Gasteiger charge is 2.02. The summed E-state index contributed by atoms with van der Waals surface area (Å²) in [6.45, 7) is 0.983. The van der Waals surface area contributed by atoms with Gasteiger partial charge in [-0.25, -0.2) is 0 Å². The van der Waals surface area contributed by atoms with Gasteiger partial charge in [0.1, 0.15) is 0 Å². The lowest BCUT2D eigenvalue weighted by Gasteiger charge is -2.00. The third-order valence-electron chi connectivity index (χ3n) is 1.43. The van der Waals surface area contributed by atoms with Crippen molar-refractivity contribution in [3.63, 3.8) is 0 Å². The molecule has 0 spiro atoms. The zero-order valence-electron chi connectivity index (χ0n) is 7.37. The Labute approximate surface area is 75.3 Å². The second-order valence-electron chi connectivity index (χ2n) is 2.46. The quantitative estimate of drug-likeness (QED) is 0.513. The largest absolute Gasteiger partial charge is 0.349 e. The number of nitrogens with zero attached hydrogens (tertiary/aromatic N) is 3.